The van der Waals surface area contributed by atoms with Gasteiger partial charge in [0.2, 0.25) is 10.0 Å². The summed E-state index contributed by atoms with van der Waals surface area (Å²) >= 11 is 0. The smallest absolute Gasteiger partial charge is 0.232 e. The zero-order valence-corrected chi connectivity index (χ0v) is 11.7. The van der Waals surface area contributed by atoms with E-state index in [1.807, 2.05) is 0 Å². The third-order valence-electron chi connectivity index (χ3n) is 3.48. The van der Waals surface area contributed by atoms with Crippen molar-refractivity contribution in [1.29, 1.82) is 0 Å². The van der Waals surface area contributed by atoms with Gasteiger partial charge in [0.15, 0.2) is 0 Å². The first kappa shape index (κ1) is 14.1. The number of anilines is 1. The van der Waals surface area contributed by atoms with Crippen LogP contribution in [-0.2, 0) is 10.0 Å². The summed E-state index contributed by atoms with van der Waals surface area (Å²) in [5, 5.41) is 0. The maximum absolute atomic E-state index is 12.1. The maximum atomic E-state index is 12.1. The number of rotatable bonds is 5. The number of carbonyl (C=O) groups excluding carboxylic acids is 1. The molecule has 1 aromatic carbocycles. The fraction of sp³-hybridized carbons (Fsp3) is 0.500. The second-order valence-corrected chi connectivity index (χ2v) is 6.90. The molecule has 2 rings (SSSR count). The third-order valence-corrected chi connectivity index (χ3v) is 4.93. The van der Waals surface area contributed by atoms with E-state index in [4.69, 9.17) is 0 Å². The first-order valence-corrected chi connectivity index (χ1v) is 8.30. The van der Waals surface area contributed by atoms with Gasteiger partial charge in [-0.1, -0.05) is 31.4 Å². The Labute approximate surface area is 114 Å². The molecule has 0 atom stereocenters. The van der Waals surface area contributed by atoms with Crippen LogP contribution in [0.15, 0.2) is 24.3 Å². The van der Waals surface area contributed by atoms with Crippen LogP contribution in [0.1, 0.15) is 42.5 Å². The lowest BCUT2D eigenvalue weighted by Gasteiger charge is -2.21. The van der Waals surface area contributed by atoms with Crippen molar-refractivity contribution >= 4 is 22.0 Å². The Kier molecular flexibility index (Phi) is 4.58. The van der Waals surface area contributed by atoms with Gasteiger partial charge in [0.05, 0.1) is 5.75 Å². The van der Waals surface area contributed by atoms with E-state index in [1.165, 1.54) is 6.42 Å². The number of carbonyl (C=O) groups is 1. The van der Waals surface area contributed by atoms with E-state index >= 15 is 0 Å². The lowest BCUT2D eigenvalue weighted by Crippen LogP contribution is -2.24. The number of nitrogens with one attached hydrogen (secondary N) is 1. The van der Waals surface area contributed by atoms with Crippen LogP contribution in [0.3, 0.4) is 0 Å². The summed E-state index contributed by atoms with van der Waals surface area (Å²) in [6.45, 7) is 0. The van der Waals surface area contributed by atoms with Gasteiger partial charge in [-0.2, -0.15) is 0 Å². The monoisotopic (exact) mass is 281 g/mol. The Balaban J connectivity index is 2.01. The summed E-state index contributed by atoms with van der Waals surface area (Å²) in [5.74, 6) is 0.443. The number of benzene rings is 1. The van der Waals surface area contributed by atoms with Crippen LogP contribution in [-0.4, -0.2) is 20.5 Å². The Hall–Kier alpha value is -1.36. The highest BCUT2D eigenvalue weighted by Gasteiger charge is 2.21. The molecule has 0 amide bonds. The van der Waals surface area contributed by atoms with Gasteiger partial charge < -0.3 is 0 Å². The second-order valence-electron chi connectivity index (χ2n) is 5.13. The molecule has 1 fully saturated rings. The van der Waals surface area contributed by atoms with Gasteiger partial charge in [-0.15, -0.1) is 0 Å². The molecule has 1 saturated carbocycles. The summed E-state index contributed by atoms with van der Waals surface area (Å²) in [6.07, 6.45) is 6.16. The van der Waals surface area contributed by atoms with E-state index in [2.05, 4.69) is 4.72 Å². The Morgan fingerprint density at radius 3 is 2.63 bits per heavy atom. The molecule has 1 N–H and O–H groups in total. The number of sulfonamides is 1. The number of hydrogen-bond acceptors (Lipinski definition) is 3. The van der Waals surface area contributed by atoms with Crippen LogP contribution in [0.25, 0.3) is 0 Å². The second kappa shape index (κ2) is 6.19. The van der Waals surface area contributed by atoms with Crippen molar-refractivity contribution in [3.05, 3.63) is 29.8 Å². The SMILES string of the molecule is O=Cc1cccc(NS(=O)(=O)CC2CCCCC2)c1. The fourth-order valence-electron chi connectivity index (χ4n) is 2.56. The summed E-state index contributed by atoms with van der Waals surface area (Å²) < 4.78 is 26.7. The van der Waals surface area contributed by atoms with Crippen molar-refractivity contribution in [1.82, 2.24) is 0 Å². The number of hydrogen-bond donors (Lipinski definition) is 1. The van der Waals surface area contributed by atoms with Crippen LogP contribution >= 0.6 is 0 Å². The van der Waals surface area contributed by atoms with E-state index in [1.54, 1.807) is 24.3 Å². The minimum absolute atomic E-state index is 0.179. The first-order chi connectivity index (χ1) is 9.09. The molecule has 0 aliphatic heterocycles. The molecule has 4 nitrogen and oxygen atoms in total. The molecule has 5 heteroatoms. The average Bonchev–Trinajstić information content (AvgIpc) is 2.39. The quantitative estimate of drug-likeness (QED) is 0.844. The summed E-state index contributed by atoms with van der Waals surface area (Å²) in [6, 6.07) is 6.52. The molecular weight excluding hydrogens is 262 g/mol. The molecule has 1 aliphatic rings. The van der Waals surface area contributed by atoms with E-state index in [-0.39, 0.29) is 11.7 Å². The molecule has 0 saturated heterocycles. The zero-order valence-electron chi connectivity index (χ0n) is 10.8. The molecule has 0 spiro atoms. The minimum atomic E-state index is -3.33. The topological polar surface area (TPSA) is 63.2 Å². The number of aldehydes is 1. The molecule has 1 aliphatic carbocycles. The maximum Gasteiger partial charge on any atom is 0.232 e. The van der Waals surface area contributed by atoms with Crippen LogP contribution in [0.2, 0.25) is 0 Å². The predicted molar refractivity (Wildman–Crippen MR) is 75.8 cm³/mol. The third kappa shape index (κ3) is 4.35. The van der Waals surface area contributed by atoms with E-state index in [9.17, 15) is 13.2 Å². The van der Waals surface area contributed by atoms with Crippen LogP contribution < -0.4 is 4.72 Å². The molecule has 0 unspecified atom stereocenters. The molecule has 0 heterocycles. The summed E-state index contributed by atoms with van der Waals surface area (Å²) in [7, 11) is -3.33. The van der Waals surface area contributed by atoms with E-state index in [0.717, 1.165) is 25.7 Å². The highest BCUT2D eigenvalue weighted by atomic mass is 32.2. The van der Waals surface area contributed by atoms with Gasteiger partial charge in [-0.3, -0.25) is 9.52 Å². The molecule has 104 valence electrons. The normalized spacial score (nSPS) is 17.1. The van der Waals surface area contributed by atoms with Crippen LogP contribution in [0.4, 0.5) is 5.69 Å². The molecule has 1 aromatic rings. The highest BCUT2D eigenvalue weighted by Crippen LogP contribution is 2.25. The van der Waals surface area contributed by atoms with Gasteiger partial charge in [0.1, 0.15) is 6.29 Å². The van der Waals surface area contributed by atoms with E-state index in [0.29, 0.717) is 17.5 Å². The summed E-state index contributed by atoms with van der Waals surface area (Å²) in [4.78, 5) is 10.7. The van der Waals surface area contributed by atoms with Crippen molar-refractivity contribution in [2.24, 2.45) is 5.92 Å². The van der Waals surface area contributed by atoms with Crippen molar-refractivity contribution in [3.8, 4) is 0 Å². The van der Waals surface area contributed by atoms with Crippen molar-refractivity contribution in [2.75, 3.05) is 10.5 Å². The van der Waals surface area contributed by atoms with Gasteiger partial charge in [-0.05, 0) is 30.9 Å². The van der Waals surface area contributed by atoms with Crippen molar-refractivity contribution < 1.29 is 13.2 Å². The minimum Gasteiger partial charge on any atom is -0.298 e. The highest BCUT2D eigenvalue weighted by molar-refractivity contribution is 7.92. The van der Waals surface area contributed by atoms with Gasteiger partial charge in [-0.25, -0.2) is 8.42 Å². The van der Waals surface area contributed by atoms with Gasteiger partial charge in [0.25, 0.3) is 0 Å². The van der Waals surface area contributed by atoms with Crippen LogP contribution in [0, 0.1) is 5.92 Å². The fourth-order valence-corrected chi connectivity index (χ4v) is 4.08. The van der Waals surface area contributed by atoms with Crippen LogP contribution in [0.5, 0.6) is 0 Å². The standard InChI is InChI=1S/C14H19NO3S/c16-10-13-7-4-8-14(9-13)15-19(17,18)11-12-5-2-1-3-6-12/h4,7-10,12,15H,1-3,5-6,11H2. The largest absolute Gasteiger partial charge is 0.298 e. The van der Waals surface area contributed by atoms with Crippen molar-refractivity contribution in [2.45, 2.75) is 32.1 Å². The van der Waals surface area contributed by atoms with E-state index < -0.39 is 10.0 Å². The van der Waals surface area contributed by atoms with Gasteiger partial charge in [0, 0.05) is 11.3 Å². The Morgan fingerprint density at radius 1 is 1.21 bits per heavy atom. The predicted octanol–water partition coefficient (Wildman–Crippen LogP) is 2.82. The lowest BCUT2D eigenvalue weighted by molar-refractivity contribution is 0.112. The van der Waals surface area contributed by atoms with Gasteiger partial charge >= 0.3 is 0 Å². The zero-order chi connectivity index (χ0) is 13.7. The summed E-state index contributed by atoms with van der Waals surface area (Å²) in [5.41, 5.74) is 0.929. The molecule has 0 aromatic heterocycles. The molecule has 0 radical (unpaired) electrons. The lowest BCUT2D eigenvalue weighted by atomic mass is 9.91. The molecule has 0 bridgehead atoms. The molecule has 19 heavy (non-hydrogen) atoms. The first-order valence-electron chi connectivity index (χ1n) is 6.65. The molecular formula is C14H19NO3S. The Morgan fingerprint density at radius 2 is 1.95 bits per heavy atom. The average molecular weight is 281 g/mol. The van der Waals surface area contributed by atoms with Crippen molar-refractivity contribution in [3.63, 3.8) is 0 Å². The Bertz CT molecular complexity index is 533.